The number of rotatable bonds is 6. The van der Waals surface area contributed by atoms with E-state index < -0.39 is 0 Å². The van der Waals surface area contributed by atoms with Gasteiger partial charge in [0.05, 0.1) is 17.2 Å². The first kappa shape index (κ1) is 26.3. The van der Waals surface area contributed by atoms with E-state index in [2.05, 4.69) is 26.2 Å². The molecule has 2 fully saturated rings. The number of hydrogen-bond donors (Lipinski definition) is 1. The highest BCUT2D eigenvalue weighted by Gasteiger charge is 2.24. The number of anilines is 1. The van der Waals surface area contributed by atoms with Crippen molar-refractivity contribution in [3.05, 3.63) is 95.1 Å². The lowest BCUT2D eigenvalue weighted by Crippen LogP contribution is -2.48. The average Bonchev–Trinajstić information content (AvgIpc) is 2.99. The van der Waals surface area contributed by atoms with Crippen LogP contribution in [0.2, 0.25) is 0 Å². The lowest BCUT2D eigenvalue weighted by molar-refractivity contribution is 0.0745. The van der Waals surface area contributed by atoms with E-state index in [-0.39, 0.29) is 23.7 Å². The minimum Gasteiger partial charge on any atom is -0.368 e. The van der Waals surface area contributed by atoms with Crippen molar-refractivity contribution in [3.8, 4) is 6.07 Å². The maximum absolute atomic E-state index is 13.2. The molecule has 2 saturated heterocycles. The van der Waals surface area contributed by atoms with Crippen LogP contribution in [-0.2, 0) is 6.54 Å². The number of likely N-dealkylation sites (tertiary alicyclic amines) is 1. The molecule has 9 heteroatoms. The molecule has 0 unspecified atom stereocenters. The Morgan fingerprint density at radius 1 is 0.923 bits per heavy atom. The minimum absolute atomic E-state index is 0.0789. The Kier molecular flexibility index (Phi) is 8.13. The van der Waals surface area contributed by atoms with Crippen molar-refractivity contribution >= 4 is 17.5 Å². The number of nitrogens with zero attached hydrogens (tertiary/aromatic N) is 5. The van der Waals surface area contributed by atoms with Crippen molar-refractivity contribution in [2.24, 2.45) is 0 Å². The Bertz CT molecular complexity index is 1320. The predicted molar refractivity (Wildman–Crippen MR) is 146 cm³/mol. The van der Waals surface area contributed by atoms with Crippen LogP contribution in [0.4, 0.5) is 10.1 Å². The van der Waals surface area contributed by atoms with Crippen molar-refractivity contribution in [1.29, 1.82) is 5.26 Å². The molecule has 2 aliphatic rings. The number of piperidine rings is 1. The summed E-state index contributed by atoms with van der Waals surface area (Å²) in [5, 5.41) is 12.0. The van der Waals surface area contributed by atoms with Gasteiger partial charge in [0.15, 0.2) is 0 Å². The summed E-state index contributed by atoms with van der Waals surface area (Å²) in [4.78, 5) is 36.3. The van der Waals surface area contributed by atoms with Gasteiger partial charge in [-0.15, -0.1) is 0 Å². The third-order valence-corrected chi connectivity index (χ3v) is 7.41. The summed E-state index contributed by atoms with van der Waals surface area (Å²) in [6.45, 7) is 5.02. The van der Waals surface area contributed by atoms with Crippen LogP contribution in [0.3, 0.4) is 0 Å². The Labute approximate surface area is 227 Å². The molecule has 8 nitrogen and oxygen atoms in total. The maximum Gasteiger partial charge on any atom is 0.270 e. The minimum atomic E-state index is -0.265. The van der Waals surface area contributed by atoms with E-state index in [1.165, 1.54) is 23.9 Å². The zero-order valence-electron chi connectivity index (χ0n) is 21.7. The first-order valence-corrected chi connectivity index (χ1v) is 13.3. The monoisotopic (exact) mass is 526 g/mol. The molecule has 0 saturated carbocycles. The third kappa shape index (κ3) is 6.59. The number of amides is 2. The van der Waals surface area contributed by atoms with Crippen LogP contribution >= 0.6 is 0 Å². The second-order valence-electron chi connectivity index (χ2n) is 10.0. The van der Waals surface area contributed by atoms with Crippen molar-refractivity contribution in [1.82, 2.24) is 20.1 Å². The molecular formula is C30H31FN6O2. The standard InChI is InChI=1S/C30H31FN6O2/c31-25-6-8-27(9-7-25)36-15-17-37(18-16-36)30(39)24-5-10-28(33-20-24)29(38)34-26-11-13-35(14-12-26)21-23-3-1-22(19-32)2-4-23/h1-10,20,26H,11-18,21H2,(H,34,38). The lowest BCUT2D eigenvalue weighted by atomic mass is 10.0. The van der Waals surface area contributed by atoms with Crippen molar-refractivity contribution in [2.45, 2.75) is 25.4 Å². The molecule has 0 bridgehead atoms. The summed E-state index contributed by atoms with van der Waals surface area (Å²) >= 11 is 0. The highest BCUT2D eigenvalue weighted by Crippen LogP contribution is 2.19. The first-order chi connectivity index (χ1) is 19.0. The molecule has 1 aromatic heterocycles. The highest BCUT2D eigenvalue weighted by atomic mass is 19.1. The molecule has 0 aliphatic carbocycles. The molecule has 2 aliphatic heterocycles. The second kappa shape index (κ2) is 12.0. The number of carbonyl (C=O) groups excluding carboxylic acids is 2. The van der Waals surface area contributed by atoms with Gasteiger partial charge in [-0.1, -0.05) is 12.1 Å². The Balaban J connectivity index is 1.07. The Morgan fingerprint density at radius 2 is 1.62 bits per heavy atom. The maximum atomic E-state index is 13.2. The van der Waals surface area contributed by atoms with Gasteiger partial charge in [-0.3, -0.25) is 19.5 Å². The largest absolute Gasteiger partial charge is 0.368 e. The SMILES string of the molecule is N#Cc1ccc(CN2CCC(NC(=O)c3ccc(C(=O)N4CCN(c5ccc(F)cc5)CC4)cn3)CC2)cc1. The molecule has 200 valence electrons. The molecule has 3 heterocycles. The van der Waals surface area contributed by atoms with Crippen LogP contribution in [0.25, 0.3) is 0 Å². The first-order valence-electron chi connectivity index (χ1n) is 13.3. The molecule has 2 amide bonds. The number of hydrogen-bond acceptors (Lipinski definition) is 6. The summed E-state index contributed by atoms with van der Waals surface area (Å²) in [5.41, 5.74) is 3.53. The van der Waals surface area contributed by atoms with Crippen LogP contribution in [0, 0.1) is 17.1 Å². The number of pyridine rings is 1. The van der Waals surface area contributed by atoms with E-state index in [9.17, 15) is 14.0 Å². The normalized spacial score (nSPS) is 16.5. The highest BCUT2D eigenvalue weighted by molar-refractivity contribution is 5.96. The van der Waals surface area contributed by atoms with Gasteiger partial charge < -0.3 is 15.1 Å². The summed E-state index contributed by atoms with van der Waals surface area (Å²) in [6.07, 6.45) is 3.18. The van der Waals surface area contributed by atoms with Crippen LogP contribution in [0.15, 0.2) is 66.9 Å². The van der Waals surface area contributed by atoms with E-state index in [0.717, 1.165) is 38.2 Å². The van der Waals surface area contributed by atoms with Crippen molar-refractivity contribution in [2.75, 3.05) is 44.2 Å². The summed E-state index contributed by atoms with van der Waals surface area (Å²) in [5.74, 6) is -0.603. The fourth-order valence-corrected chi connectivity index (χ4v) is 5.09. The molecule has 0 radical (unpaired) electrons. The molecular weight excluding hydrogens is 495 g/mol. The number of halogens is 1. The smallest absolute Gasteiger partial charge is 0.270 e. The Hall–Kier alpha value is -4.29. The van der Waals surface area contributed by atoms with Gasteiger partial charge in [0.1, 0.15) is 11.5 Å². The van der Waals surface area contributed by atoms with Crippen LogP contribution in [0.5, 0.6) is 0 Å². The molecule has 0 atom stereocenters. The summed E-state index contributed by atoms with van der Waals surface area (Å²) < 4.78 is 13.2. The zero-order valence-corrected chi connectivity index (χ0v) is 21.7. The number of benzene rings is 2. The molecule has 3 aromatic rings. The van der Waals surface area contributed by atoms with E-state index >= 15 is 0 Å². The van der Waals surface area contributed by atoms with Gasteiger partial charge in [-0.05, 0) is 66.9 Å². The van der Waals surface area contributed by atoms with Crippen molar-refractivity contribution in [3.63, 3.8) is 0 Å². The average molecular weight is 527 g/mol. The van der Waals surface area contributed by atoms with E-state index in [1.54, 1.807) is 29.2 Å². The Morgan fingerprint density at radius 3 is 2.23 bits per heavy atom. The number of carbonyl (C=O) groups is 2. The number of piperazine rings is 1. The lowest BCUT2D eigenvalue weighted by Gasteiger charge is -2.36. The van der Waals surface area contributed by atoms with E-state index in [4.69, 9.17) is 5.26 Å². The quantitative estimate of drug-likeness (QED) is 0.529. The fraction of sp³-hybridized carbons (Fsp3) is 0.333. The van der Waals surface area contributed by atoms with Gasteiger partial charge in [0.2, 0.25) is 0 Å². The van der Waals surface area contributed by atoms with Crippen LogP contribution < -0.4 is 10.2 Å². The molecule has 0 spiro atoms. The number of aromatic nitrogens is 1. The molecule has 39 heavy (non-hydrogen) atoms. The van der Waals surface area contributed by atoms with E-state index in [0.29, 0.717) is 43.0 Å². The second-order valence-corrected chi connectivity index (χ2v) is 10.0. The zero-order chi connectivity index (χ0) is 27.2. The van der Waals surface area contributed by atoms with Crippen LogP contribution in [0.1, 0.15) is 44.8 Å². The van der Waals surface area contributed by atoms with Gasteiger partial charge in [0.25, 0.3) is 11.8 Å². The number of nitriles is 1. The molecule has 1 N–H and O–H groups in total. The predicted octanol–water partition coefficient (Wildman–Crippen LogP) is 3.45. The van der Waals surface area contributed by atoms with Gasteiger partial charge >= 0.3 is 0 Å². The van der Waals surface area contributed by atoms with Gasteiger partial charge in [0, 0.05) is 63.7 Å². The third-order valence-electron chi connectivity index (χ3n) is 7.41. The fourth-order valence-electron chi connectivity index (χ4n) is 5.09. The molecule has 2 aromatic carbocycles. The van der Waals surface area contributed by atoms with E-state index in [1.807, 2.05) is 24.3 Å². The summed E-state index contributed by atoms with van der Waals surface area (Å²) in [6, 6.07) is 19.5. The number of nitrogens with one attached hydrogen (secondary N) is 1. The molecule has 5 rings (SSSR count). The van der Waals surface area contributed by atoms with Gasteiger partial charge in [-0.25, -0.2) is 4.39 Å². The van der Waals surface area contributed by atoms with Gasteiger partial charge in [-0.2, -0.15) is 5.26 Å². The summed E-state index contributed by atoms with van der Waals surface area (Å²) in [7, 11) is 0. The van der Waals surface area contributed by atoms with Crippen LogP contribution in [-0.4, -0.2) is 71.9 Å². The topological polar surface area (TPSA) is 92.6 Å². The van der Waals surface area contributed by atoms with Crippen molar-refractivity contribution < 1.29 is 14.0 Å².